The van der Waals surface area contributed by atoms with Crippen molar-refractivity contribution in [3.05, 3.63) is 60.3 Å². The van der Waals surface area contributed by atoms with Crippen molar-refractivity contribution >= 4 is 11.9 Å². The second-order valence-electron chi connectivity index (χ2n) is 6.76. The highest BCUT2D eigenvalue weighted by Gasteiger charge is 2.15. The molecule has 0 radical (unpaired) electrons. The minimum absolute atomic E-state index is 0.525. The van der Waals surface area contributed by atoms with Gasteiger partial charge in [-0.2, -0.15) is 0 Å². The van der Waals surface area contributed by atoms with Gasteiger partial charge in [0.05, 0.1) is 6.61 Å². The number of aliphatic carboxylic acids is 2. The minimum Gasteiger partial charge on any atom is -0.488 e. The summed E-state index contributed by atoms with van der Waals surface area (Å²) in [5, 5.41) is 19.0. The van der Waals surface area contributed by atoms with E-state index in [1.165, 1.54) is 12.8 Å². The number of carbonyl (C=O) groups is 2. The zero-order valence-electron chi connectivity index (χ0n) is 16.8. The van der Waals surface area contributed by atoms with E-state index >= 15 is 0 Å². The number of hydrogen-bond donors (Lipinski definition) is 3. The molecule has 1 aromatic carbocycles. The van der Waals surface area contributed by atoms with E-state index in [0.717, 1.165) is 24.4 Å². The zero-order chi connectivity index (χ0) is 21.8. The third-order valence-electron chi connectivity index (χ3n) is 4.18. The molecule has 0 aliphatic carbocycles. The summed E-state index contributed by atoms with van der Waals surface area (Å²) in [7, 11) is 0. The molecular formula is C22H26N2O6. The fourth-order valence-corrected chi connectivity index (χ4v) is 2.77. The van der Waals surface area contributed by atoms with E-state index in [2.05, 4.69) is 10.3 Å². The summed E-state index contributed by atoms with van der Waals surface area (Å²) in [6.45, 7) is 4.88. The highest BCUT2D eigenvalue weighted by molar-refractivity contribution is 5.89. The second-order valence-corrected chi connectivity index (χ2v) is 6.76. The summed E-state index contributed by atoms with van der Waals surface area (Å²) >= 11 is 0. The molecule has 3 rings (SSSR count). The van der Waals surface area contributed by atoms with Crippen LogP contribution in [0.2, 0.25) is 0 Å². The smallest absolute Gasteiger partial charge is 0.328 e. The minimum atomic E-state index is -1.26. The number of aromatic nitrogens is 1. The van der Waals surface area contributed by atoms with E-state index in [1.807, 2.05) is 43.3 Å². The fourth-order valence-electron chi connectivity index (χ4n) is 2.77. The lowest BCUT2D eigenvalue weighted by molar-refractivity contribution is -0.134. The normalized spacial score (nSPS) is 15.7. The average Bonchev–Trinajstić information content (AvgIpc) is 2.73. The molecule has 2 aromatic rings. The predicted molar refractivity (Wildman–Crippen MR) is 111 cm³/mol. The van der Waals surface area contributed by atoms with Crippen LogP contribution < -0.4 is 14.8 Å². The SMILES string of the molecule is Cc1cccc(Oc2ncccc2OC[C@H]2CCCNC2)c1.O=C(O)/C=C/C(=O)O. The Morgan fingerprint density at radius 3 is 2.60 bits per heavy atom. The van der Waals surface area contributed by atoms with Crippen LogP contribution in [0.5, 0.6) is 17.4 Å². The molecule has 0 saturated carbocycles. The number of hydrogen-bond acceptors (Lipinski definition) is 6. The number of nitrogens with zero attached hydrogens (tertiary/aromatic N) is 1. The molecule has 8 heteroatoms. The molecule has 1 fully saturated rings. The maximum absolute atomic E-state index is 9.55. The van der Waals surface area contributed by atoms with Gasteiger partial charge in [0.15, 0.2) is 5.75 Å². The number of nitrogens with one attached hydrogen (secondary N) is 1. The lowest BCUT2D eigenvalue weighted by Crippen LogP contribution is -2.33. The summed E-state index contributed by atoms with van der Waals surface area (Å²) < 4.78 is 11.8. The highest BCUT2D eigenvalue weighted by Crippen LogP contribution is 2.29. The Kier molecular flexibility index (Phi) is 9.33. The second kappa shape index (κ2) is 12.2. The van der Waals surface area contributed by atoms with Crippen LogP contribution in [-0.4, -0.2) is 46.8 Å². The first-order valence-electron chi connectivity index (χ1n) is 9.61. The van der Waals surface area contributed by atoms with Crippen molar-refractivity contribution in [1.29, 1.82) is 0 Å². The van der Waals surface area contributed by atoms with E-state index < -0.39 is 11.9 Å². The van der Waals surface area contributed by atoms with Crippen molar-refractivity contribution in [2.75, 3.05) is 19.7 Å². The summed E-state index contributed by atoms with van der Waals surface area (Å²) in [6.07, 6.45) is 5.26. The monoisotopic (exact) mass is 414 g/mol. The molecule has 1 saturated heterocycles. The number of pyridine rings is 1. The van der Waals surface area contributed by atoms with Gasteiger partial charge in [0.25, 0.3) is 5.88 Å². The number of ether oxygens (including phenoxy) is 2. The summed E-state index contributed by atoms with van der Waals surface area (Å²) in [4.78, 5) is 23.4. The first-order chi connectivity index (χ1) is 14.4. The number of aryl methyl sites for hydroxylation is 1. The Labute approximate surface area is 175 Å². The van der Waals surface area contributed by atoms with Gasteiger partial charge in [-0.3, -0.25) is 0 Å². The Hall–Kier alpha value is -3.39. The van der Waals surface area contributed by atoms with E-state index in [-0.39, 0.29) is 0 Å². The van der Waals surface area contributed by atoms with Crippen molar-refractivity contribution < 1.29 is 29.3 Å². The maximum atomic E-state index is 9.55. The quantitative estimate of drug-likeness (QED) is 0.591. The Bertz CT molecular complexity index is 846. The summed E-state index contributed by atoms with van der Waals surface area (Å²) in [6, 6.07) is 11.7. The lowest BCUT2D eigenvalue weighted by atomic mass is 10.0. The number of rotatable bonds is 7. The first-order valence-corrected chi connectivity index (χ1v) is 9.61. The summed E-state index contributed by atoms with van der Waals surface area (Å²) in [5.74, 6) is 0.0508. The van der Waals surface area contributed by atoms with Crippen LogP contribution in [0.3, 0.4) is 0 Å². The Morgan fingerprint density at radius 1 is 1.20 bits per heavy atom. The van der Waals surface area contributed by atoms with Crippen LogP contribution in [0.25, 0.3) is 0 Å². The molecule has 1 atom stereocenters. The van der Waals surface area contributed by atoms with Gasteiger partial charge in [-0.05, 0) is 56.1 Å². The van der Waals surface area contributed by atoms with E-state index in [4.69, 9.17) is 19.7 Å². The van der Waals surface area contributed by atoms with E-state index in [0.29, 0.717) is 36.3 Å². The number of carboxylic acids is 2. The van der Waals surface area contributed by atoms with Gasteiger partial charge < -0.3 is 25.0 Å². The molecule has 8 nitrogen and oxygen atoms in total. The number of carboxylic acid groups (broad SMARTS) is 2. The van der Waals surface area contributed by atoms with E-state index in [9.17, 15) is 9.59 Å². The third kappa shape index (κ3) is 8.74. The first kappa shape index (κ1) is 22.9. The molecule has 160 valence electrons. The molecule has 0 unspecified atom stereocenters. The molecule has 2 heterocycles. The highest BCUT2D eigenvalue weighted by atomic mass is 16.5. The van der Waals surface area contributed by atoms with Crippen molar-refractivity contribution in [1.82, 2.24) is 10.3 Å². The van der Waals surface area contributed by atoms with Crippen LogP contribution in [-0.2, 0) is 9.59 Å². The largest absolute Gasteiger partial charge is 0.488 e. The number of piperidine rings is 1. The zero-order valence-corrected chi connectivity index (χ0v) is 16.8. The van der Waals surface area contributed by atoms with Gasteiger partial charge in [0.2, 0.25) is 0 Å². The molecule has 30 heavy (non-hydrogen) atoms. The topological polar surface area (TPSA) is 118 Å². The molecule has 0 bridgehead atoms. The van der Waals surface area contributed by atoms with Crippen LogP contribution in [0.15, 0.2) is 54.7 Å². The van der Waals surface area contributed by atoms with Gasteiger partial charge in [0.1, 0.15) is 5.75 Å². The van der Waals surface area contributed by atoms with Gasteiger partial charge >= 0.3 is 11.9 Å². The van der Waals surface area contributed by atoms with Crippen molar-refractivity contribution in [3.8, 4) is 17.4 Å². The van der Waals surface area contributed by atoms with Crippen molar-refractivity contribution in [2.45, 2.75) is 19.8 Å². The van der Waals surface area contributed by atoms with Gasteiger partial charge in [-0.1, -0.05) is 12.1 Å². The molecule has 1 aliphatic rings. The van der Waals surface area contributed by atoms with Gasteiger partial charge in [0, 0.05) is 30.8 Å². The lowest BCUT2D eigenvalue weighted by Gasteiger charge is -2.23. The summed E-state index contributed by atoms with van der Waals surface area (Å²) in [5.41, 5.74) is 1.16. The van der Waals surface area contributed by atoms with E-state index in [1.54, 1.807) is 6.20 Å². The molecule has 1 aromatic heterocycles. The van der Waals surface area contributed by atoms with Crippen LogP contribution in [0, 0.1) is 12.8 Å². The molecule has 3 N–H and O–H groups in total. The Morgan fingerprint density at radius 2 is 1.97 bits per heavy atom. The van der Waals surface area contributed by atoms with Gasteiger partial charge in [-0.25, -0.2) is 14.6 Å². The Balaban J connectivity index is 0.000000343. The predicted octanol–water partition coefficient (Wildman–Crippen LogP) is 3.27. The molecule has 0 amide bonds. The standard InChI is InChI=1S/C18H22N2O2.C4H4O4/c1-14-5-2-7-16(11-14)22-18-17(8-4-10-20-18)21-13-15-6-3-9-19-12-15;5-3(6)1-2-4(7)8/h2,4-5,7-8,10-11,15,19H,3,6,9,12-13H2,1H3;1-2H,(H,5,6)(H,7,8)/b;2-1+/t15-;/m0./s1. The van der Waals surface area contributed by atoms with Gasteiger partial charge in [-0.15, -0.1) is 0 Å². The van der Waals surface area contributed by atoms with Crippen LogP contribution in [0.4, 0.5) is 0 Å². The fraction of sp³-hybridized carbons (Fsp3) is 0.318. The number of benzene rings is 1. The molecular weight excluding hydrogens is 388 g/mol. The molecule has 1 aliphatic heterocycles. The average molecular weight is 414 g/mol. The van der Waals surface area contributed by atoms with Crippen LogP contribution >= 0.6 is 0 Å². The maximum Gasteiger partial charge on any atom is 0.328 e. The van der Waals surface area contributed by atoms with Crippen molar-refractivity contribution in [2.24, 2.45) is 5.92 Å². The third-order valence-corrected chi connectivity index (χ3v) is 4.18. The van der Waals surface area contributed by atoms with Crippen LogP contribution in [0.1, 0.15) is 18.4 Å². The van der Waals surface area contributed by atoms with Crippen molar-refractivity contribution in [3.63, 3.8) is 0 Å². The molecule has 0 spiro atoms.